The van der Waals surface area contributed by atoms with Crippen molar-refractivity contribution >= 4 is 5.69 Å². The minimum Gasteiger partial charge on any atom is -0.375 e. The fraction of sp³-hybridized carbons (Fsp3) is 0.400. The standard InChI is InChI=1S/C5H9N3/c1-8(2)5-3-6-7-4-5/h3-4H,1-2H3,(H,6,7). The monoisotopic (exact) mass is 111 g/mol. The van der Waals surface area contributed by atoms with Gasteiger partial charge in [-0.3, -0.25) is 5.10 Å². The van der Waals surface area contributed by atoms with Gasteiger partial charge in [0.2, 0.25) is 0 Å². The lowest BCUT2D eigenvalue weighted by Crippen LogP contribution is -2.06. The lowest BCUT2D eigenvalue weighted by Gasteiger charge is -2.05. The molecular weight excluding hydrogens is 102 g/mol. The largest absolute Gasteiger partial charge is 0.375 e. The Balaban J connectivity index is 2.77. The van der Waals surface area contributed by atoms with Crippen LogP contribution in [0.5, 0.6) is 0 Å². The molecule has 8 heavy (non-hydrogen) atoms. The molecule has 3 heteroatoms. The zero-order chi connectivity index (χ0) is 5.98. The molecule has 0 aliphatic rings. The van der Waals surface area contributed by atoms with E-state index in [1.165, 1.54) is 0 Å². The highest BCUT2D eigenvalue weighted by molar-refractivity contribution is 5.39. The Morgan fingerprint density at radius 2 is 2.38 bits per heavy atom. The lowest BCUT2D eigenvalue weighted by molar-refractivity contribution is 1.09. The van der Waals surface area contributed by atoms with Gasteiger partial charge in [-0.25, -0.2) is 0 Å². The summed E-state index contributed by atoms with van der Waals surface area (Å²) in [6.07, 6.45) is 3.62. The van der Waals surface area contributed by atoms with E-state index < -0.39 is 0 Å². The molecule has 0 saturated carbocycles. The highest BCUT2D eigenvalue weighted by Crippen LogP contribution is 2.03. The van der Waals surface area contributed by atoms with Gasteiger partial charge in [-0.05, 0) is 0 Å². The minimum absolute atomic E-state index is 1.10. The summed E-state index contributed by atoms with van der Waals surface area (Å²) in [5.41, 5.74) is 1.10. The first-order valence-corrected chi connectivity index (χ1v) is 2.47. The van der Waals surface area contributed by atoms with Crippen molar-refractivity contribution in [1.82, 2.24) is 10.2 Å². The molecule has 44 valence electrons. The second-order valence-corrected chi connectivity index (χ2v) is 1.85. The van der Waals surface area contributed by atoms with Crippen LogP contribution < -0.4 is 4.90 Å². The van der Waals surface area contributed by atoms with Crippen molar-refractivity contribution in [3.8, 4) is 0 Å². The summed E-state index contributed by atoms with van der Waals surface area (Å²) in [7, 11) is 3.95. The SMILES string of the molecule is CN(C)c1cn[nH]c1. The Morgan fingerprint density at radius 3 is 2.62 bits per heavy atom. The zero-order valence-electron chi connectivity index (χ0n) is 5.05. The third-order valence-corrected chi connectivity index (χ3v) is 1.00. The minimum atomic E-state index is 1.10. The number of anilines is 1. The number of nitrogens with zero attached hydrogens (tertiary/aromatic N) is 2. The normalized spacial score (nSPS) is 9.25. The van der Waals surface area contributed by atoms with Gasteiger partial charge in [0.05, 0.1) is 11.9 Å². The van der Waals surface area contributed by atoms with E-state index in [1.54, 1.807) is 6.20 Å². The van der Waals surface area contributed by atoms with Gasteiger partial charge in [0.1, 0.15) is 0 Å². The van der Waals surface area contributed by atoms with E-state index in [0.29, 0.717) is 0 Å². The van der Waals surface area contributed by atoms with Crippen LogP contribution in [-0.2, 0) is 0 Å². The molecule has 1 aromatic rings. The summed E-state index contributed by atoms with van der Waals surface area (Å²) in [4.78, 5) is 1.99. The average molecular weight is 111 g/mol. The maximum atomic E-state index is 3.78. The predicted octanol–water partition coefficient (Wildman–Crippen LogP) is 0.476. The van der Waals surface area contributed by atoms with Gasteiger partial charge < -0.3 is 4.90 Å². The van der Waals surface area contributed by atoms with Crippen LogP contribution in [0.4, 0.5) is 5.69 Å². The van der Waals surface area contributed by atoms with Crippen molar-refractivity contribution in [1.29, 1.82) is 0 Å². The Bertz CT molecular complexity index is 143. The Kier molecular flexibility index (Phi) is 1.20. The number of rotatable bonds is 1. The van der Waals surface area contributed by atoms with Crippen LogP contribution >= 0.6 is 0 Å². The maximum Gasteiger partial charge on any atom is 0.0744 e. The molecule has 0 unspecified atom stereocenters. The third kappa shape index (κ3) is 0.804. The van der Waals surface area contributed by atoms with Gasteiger partial charge in [-0.15, -0.1) is 0 Å². The number of nitrogens with one attached hydrogen (secondary N) is 1. The first-order valence-electron chi connectivity index (χ1n) is 2.47. The molecule has 0 aliphatic carbocycles. The van der Waals surface area contributed by atoms with Crippen LogP contribution in [0.15, 0.2) is 12.4 Å². The summed E-state index contributed by atoms with van der Waals surface area (Å²) in [6.45, 7) is 0. The second kappa shape index (κ2) is 1.86. The average Bonchev–Trinajstić information content (AvgIpc) is 2.12. The smallest absolute Gasteiger partial charge is 0.0744 e. The first kappa shape index (κ1) is 5.15. The third-order valence-electron chi connectivity index (χ3n) is 1.00. The van der Waals surface area contributed by atoms with Crippen molar-refractivity contribution in [3.05, 3.63) is 12.4 Å². The van der Waals surface area contributed by atoms with E-state index >= 15 is 0 Å². The van der Waals surface area contributed by atoms with Crippen LogP contribution in [0.3, 0.4) is 0 Å². The van der Waals surface area contributed by atoms with Crippen LogP contribution in [0.1, 0.15) is 0 Å². The summed E-state index contributed by atoms with van der Waals surface area (Å²) in [5.74, 6) is 0. The second-order valence-electron chi connectivity index (χ2n) is 1.85. The molecule has 0 bridgehead atoms. The van der Waals surface area contributed by atoms with E-state index in [4.69, 9.17) is 0 Å². The summed E-state index contributed by atoms with van der Waals surface area (Å²) in [6, 6.07) is 0. The highest BCUT2D eigenvalue weighted by atomic mass is 15.2. The van der Waals surface area contributed by atoms with Gasteiger partial charge in [-0.1, -0.05) is 0 Å². The van der Waals surface area contributed by atoms with Crippen LogP contribution in [0.2, 0.25) is 0 Å². The topological polar surface area (TPSA) is 31.9 Å². The van der Waals surface area contributed by atoms with Gasteiger partial charge in [0.15, 0.2) is 0 Å². The molecule has 1 aromatic heterocycles. The Labute approximate surface area is 48.3 Å². The van der Waals surface area contributed by atoms with Gasteiger partial charge >= 0.3 is 0 Å². The molecule has 1 rings (SSSR count). The van der Waals surface area contributed by atoms with E-state index in [1.807, 2.05) is 25.2 Å². The molecule has 0 atom stereocenters. The van der Waals surface area contributed by atoms with Crippen molar-refractivity contribution in [2.75, 3.05) is 19.0 Å². The number of hydrogen-bond acceptors (Lipinski definition) is 2. The van der Waals surface area contributed by atoms with Gasteiger partial charge in [-0.2, -0.15) is 5.10 Å². The van der Waals surface area contributed by atoms with Crippen LogP contribution in [0.25, 0.3) is 0 Å². The number of aromatic nitrogens is 2. The quantitative estimate of drug-likeness (QED) is 0.571. The van der Waals surface area contributed by atoms with Crippen LogP contribution in [-0.4, -0.2) is 24.3 Å². The van der Waals surface area contributed by atoms with Gasteiger partial charge in [0.25, 0.3) is 0 Å². The van der Waals surface area contributed by atoms with Crippen molar-refractivity contribution < 1.29 is 0 Å². The Morgan fingerprint density at radius 1 is 1.62 bits per heavy atom. The molecular formula is C5H9N3. The summed E-state index contributed by atoms with van der Waals surface area (Å²) < 4.78 is 0. The summed E-state index contributed by atoms with van der Waals surface area (Å²) >= 11 is 0. The number of H-pyrrole nitrogens is 1. The molecule has 0 aromatic carbocycles. The van der Waals surface area contributed by atoms with Crippen molar-refractivity contribution in [2.24, 2.45) is 0 Å². The fourth-order valence-corrected chi connectivity index (χ4v) is 0.489. The molecule has 0 aliphatic heterocycles. The van der Waals surface area contributed by atoms with Crippen LogP contribution in [0, 0.1) is 0 Å². The van der Waals surface area contributed by atoms with E-state index in [-0.39, 0.29) is 0 Å². The molecule has 1 heterocycles. The first-order chi connectivity index (χ1) is 3.80. The van der Waals surface area contributed by atoms with Gasteiger partial charge in [0, 0.05) is 20.3 Å². The maximum absolute atomic E-state index is 3.78. The molecule has 0 radical (unpaired) electrons. The number of hydrogen-bond donors (Lipinski definition) is 1. The molecule has 3 nitrogen and oxygen atoms in total. The molecule has 0 fully saturated rings. The van der Waals surface area contributed by atoms with E-state index in [0.717, 1.165) is 5.69 Å². The predicted molar refractivity (Wildman–Crippen MR) is 32.9 cm³/mol. The lowest BCUT2D eigenvalue weighted by atomic mass is 10.5. The number of aromatic amines is 1. The van der Waals surface area contributed by atoms with E-state index in [9.17, 15) is 0 Å². The summed E-state index contributed by atoms with van der Waals surface area (Å²) in [5, 5.41) is 6.50. The fourth-order valence-electron chi connectivity index (χ4n) is 0.489. The van der Waals surface area contributed by atoms with Crippen molar-refractivity contribution in [3.63, 3.8) is 0 Å². The van der Waals surface area contributed by atoms with Crippen molar-refractivity contribution in [2.45, 2.75) is 0 Å². The van der Waals surface area contributed by atoms with E-state index in [2.05, 4.69) is 10.2 Å². The molecule has 0 spiro atoms. The Hall–Kier alpha value is -0.990. The molecule has 0 amide bonds. The molecule has 0 saturated heterocycles. The molecule has 1 N–H and O–H groups in total. The zero-order valence-corrected chi connectivity index (χ0v) is 5.05. The highest BCUT2D eigenvalue weighted by Gasteiger charge is 1.90.